The van der Waals surface area contributed by atoms with Crippen LogP contribution in [0.1, 0.15) is 24.0 Å². The van der Waals surface area contributed by atoms with E-state index in [0.717, 1.165) is 42.6 Å². The van der Waals surface area contributed by atoms with E-state index in [2.05, 4.69) is 46.4 Å². The van der Waals surface area contributed by atoms with Crippen molar-refractivity contribution < 1.29 is 0 Å². The lowest BCUT2D eigenvalue weighted by atomic mass is 9.98. The van der Waals surface area contributed by atoms with Crippen molar-refractivity contribution in [3.05, 3.63) is 63.6 Å². The van der Waals surface area contributed by atoms with Gasteiger partial charge in [0.15, 0.2) is 0 Å². The Hall–Kier alpha value is -1.26. The standard InChI is InChI=1S/C22H27Cl2N3/c1-26-15-21(12-16-2-4-18(23)5-3-16)27(20-8-10-25-11-9-20)14-17-13-19(24)6-7-22(17)26/h2-7,13,20-21,25H,8-12,14-15H2,1H3/t21-/m0/s1. The first-order valence-electron chi connectivity index (χ1n) is 9.80. The molecule has 0 amide bonds. The van der Waals surface area contributed by atoms with Gasteiger partial charge in [0.25, 0.3) is 0 Å². The van der Waals surface area contributed by atoms with E-state index in [1.807, 2.05) is 18.2 Å². The molecule has 2 heterocycles. The number of benzene rings is 2. The number of halogens is 2. The van der Waals surface area contributed by atoms with E-state index >= 15 is 0 Å². The van der Waals surface area contributed by atoms with Gasteiger partial charge in [0.2, 0.25) is 0 Å². The third-order valence-electron chi connectivity index (χ3n) is 5.92. The molecule has 2 aromatic carbocycles. The van der Waals surface area contributed by atoms with Gasteiger partial charge in [-0.05, 0) is 73.8 Å². The van der Waals surface area contributed by atoms with E-state index < -0.39 is 0 Å². The molecule has 1 saturated heterocycles. The first-order valence-corrected chi connectivity index (χ1v) is 10.6. The summed E-state index contributed by atoms with van der Waals surface area (Å²) in [5, 5.41) is 5.13. The zero-order valence-corrected chi connectivity index (χ0v) is 17.3. The van der Waals surface area contributed by atoms with Crippen LogP contribution in [0.4, 0.5) is 5.69 Å². The Bertz CT molecular complexity index is 772. The maximum atomic E-state index is 6.33. The fraction of sp³-hybridized carbons (Fsp3) is 0.455. The van der Waals surface area contributed by atoms with Crippen molar-refractivity contribution in [2.45, 2.75) is 37.9 Å². The second kappa shape index (κ2) is 8.40. The molecule has 1 atom stereocenters. The third kappa shape index (κ3) is 4.43. The first kappa shape index (κ1) is 19.1. The van der Waals surface area contributed by atoms with Crippen LogP contribution in [0.3, 0.4) is 0 Å². The van der Waals surface area contributed by atoms with Gasteiger partial charge < -0.3 is 10.2 Å². The van der Waals surface area contributed by atoms with Crippen molar-refractivity contribution in [2.75, 3.05) is 31.6 Å². The van der Waals surface area contributed by atoms with E-state index in [0.29, 0.717) is 12.1 Å². The normalized spacial score (nSPS) is 21.7. The molecule has 5 heteroatoms. The van der Waals surface area contributed by atoms with Gasteiger partial charge in [-0.1, -0.05) is 35.3 Å². The molecular formula is C22H27Cl2N3. The zero-order valence-electron chi connectivity index (χ0n) is 15.8. The Balaban J connectivity index is 1.65. The maximum absolute atomic E-state index is 6.33. The van der Waals surface area contributed by atoms with Gasteiger partial charge in [0.1, 0.15) is 0 Å². The Morgan fingerprint density at radius 2 is 1.70 bits per heavy atom. The van der Waals surface area contributed by atoms with E-state index in [-0.39, 0.29) is 0 Å². The second-order valence-electron chi connectivity index (χ2n) is 7.79. The molecule has 144 valence electrons. The van der Waals surface area contributed by atoms with Crippen LogP contribution < -0.4 is 10.2 Å². The number of hydrogen-bond donors (Lipinski definition) is 1. The largest absolute Gasteiger partial charge is 0.373 e. The summed E-state index contributed by atoms with van der Waals surface area (Å²) < 4.78 is 0. The fourth-order valence-electron chi connectivity index (χ4n) is 4.54. The maximum Gasteiger partial charge on any atom is 0.0410 e. The van der Waals surface area contributed by atoms with Gasteiger partial charge in [0.05, 0.1) is 0 Å². The number of piperidine rings is 1. The average molecular weight is 404 g/mol. The number of hydrogen-bond acceptors (Lipinski definition) is 3. The van der Waals surface area contributed by atoms with Crippen molar-refractivity contribution in [1.29, 1.82) is 0 Å². The minimum absolute atomic E-state index is 0.463. The van der Waals surface area contributed by atoms with Crippen molar-refractivity contribution in [1.82, 2.24) is 10.2 Å². The third-order valence-corrected chi connectivity index (χ3v) is 6.41. The summed E-state index contributed by atoms with van der Waals surface area (Å²) in [6, 6.07) is 15.7. The molecule has 1 fully saturated rings. The van der Waals surface area contributed by atoms with Gasteiger partial charge in [-0.15, -0.1) is 0 Å². The summed E-state index contributed by atoms with van der Waals surface area (Å²) in [6.07, 6.45) is 3.45. The predicted molar refractivity (Wildman–Crippen MR) is 115 cm³/mol. The van der Waals surface area contributed by atoms with Crippen molar-refractivity contribution in [2.24, 2.45) is 0 Å². The van der Waals surface area contributed by atoms with E-state index in [4.69, 9.17) is 23.2 Å². The molecular weight excluding hydrogens is 377 g/mol. The van der Waals surface area contributed by atoms with Crippen molar-refractivity contribution in [3.63, 3.8) is 0 Å². The number of nitrogens with zero attached hydrogens (tertiary/aromatic N) is 2. The number of rotatable bonds is 3. The van der Waals surface area contributed by atoms with Crippen LogP contribution in [-0.4, -0.2) is 43.7 Å². The highest BCUT2D eigenvalue weighted by molar-refractivity contribution is 6.30. The molecule has 27 heavy (non-hydrogen) atoms. The Morgan fingerprint density at radius 3 is 2.44 bits per heavy atom. The van der Waals surface area contributed by atoms with Crippen LogP contribution in [0, 0.1) is 0 Å². The van der Waals surface area contributed by atoms with Crippen LogP contribution >= 0.6 is 23.2 Å². The van der Waals surface area contributed by atoms with Crippen LogP contribution in [0.2, 0.25) is 10.0 Å². The van der Waals surface area contributed by atoms with Crippen molar-refractivity contribution >= 4 is 28.9 Å². The monoisotopic (exact) mass is 403 g/mol. The summed E-state index contributed by atoms with van der Waals surface area (Å²) in [6.45, 7) is 4.19. The molecule has 3 nitrogen and oxygen atoms in total. The van der Waals surface area contributed by atoms with Gasteiger partial charge in [-0.3, -0.25) is 4.90 Å². The number of fused-ring (bicyclic) bond motifs is 1. The zero-order chi connectivity index (χ0) is 18.8. The molecule has 0 radical (unpaired) electrons. The molecule has 0 unspecified atom stereocenters. The average Bonchev–Trinajstić information content (AvgIpc) is 2.80. The number of nitrogens with one attached hydrogen (secondary N) is 1. The molecule has 0 aromatic heterocycles. The highest BCUT2D eigenvalue weighted by Gasteiger charge is 2.32. The predicted octanol–water partition coefficient (Wildman–Crippen LogP) is 4.61. The van der Waals surface area contributed by atoms with Gasteiger partial charge >= 0.3 is 0 Å². The highest BCUT2D eigenvalue weighted by atomic mass is 35.5. The summed E-state index contributed by atoms with van der Waals surface area (Å²) in [5.41, 5.74) is 3.99. The Kier molecular flexibility index (Phi) is 5.93. The lowest BCUT2D eigenvalue weighted by molar-refractivity contribution is 0.106. The minimum Gasteiger partial charge on any atom is -0.373 e. The molecule has 2 aliphatic rings. The lowest BCUT2D eigenvalue weighted by Gasteiger charge is -2.39. The first-order chi connectivity index (χ1) is 13.1. The van der Waals surface area contributed by atoms with Crippen LogP contribution in [0.25, 0.3) is 0 Å². The van der Waals surface area contributed by atoms with Crippen LogP contribution in [-0.2, 0) is 13.0 Å². The molecule has 0 saturated carbocycles. The molecule has 0 spiro atoms. The summed E-state index contributed by atoms with van der Waals surface area (Å²) >= 11 is 12.4. The molecule has 2 aliphatic heterocycles. The topological polar surface area (TPSA) is 18.5 Å². The fourth-order valence-corrected chi connectivity index (χ4v) is 4.86. The van der Waals surface area contributed by atoms with Crippen LogP contribution in [0.15, 0.2) is 42.5 Å². The Morgan fingerprint density at radius 1 is 1.00 bits per heavy atom. The van der Waals surface area contributed by atoms with Crippen molar-refractivity contribution in [3.8, 4) is 0 Å². The summed E-state index contributed by atoms with van der Waals surface area (Å²) in [4.78, 5) is 5.13. The summed E-state index contributed by atoms with van der Waals surface area (Å²) in [5.74, 6) is 0. The quantitative estimate of drug-likeness (QED) is 0.806. The Labute approximate surface area is 172 Å². The van der Waals surface area contributed by atoms with Crippen LogP contribution in [0.5, 0.6) is 0 Å². The minimum atomic E-state index is 0.463. The van der Waals surface area contributed by atoms with E-state index in [1.165, 1.54) is 29.7 Å². The lowest BCUT2D eigenvalue weighted by Crippen LogP contribution is -2.50. The van der Waals surface area contributed by atoms with Gasteiger partial charge in [-0.2, -0.15) is 0 Å². The van der Waals surface area contributed by atoms with E-state index in [1.54, 1.807) is 0 Å². The smallest absolute Gasteiger partial charge is 0.0410 e. The van der Waals surface area contributed by atoms with E-state index in [9.17, 15) is 0 Å². The van der Waals surface area contributed by atoms with Gasteiger partial charge in [-0.25, -0.2) is 0 Å². The number of anilines is 1. The molecule has 2 aromatic rings. The van der Waals surface area contributed by atoms with Gasteiger partial charge in [0, 0.05) is 48.0 Å². The molecule has 0 bridgehead atoms. The summed E-state index contributed by atoms with van der Waals surface area (Å²) in [7, 11) is 2.20. The SMILES string of the molecule is CN1C[C@H](Cc2ccc(Cl)cc2)N(C2CCNCC2)Cc2cc(Cl)ccc21. The molecule has 4 rings (SSSR count). The molecule has 1 N–H and O–H groups in total. The molecule has 0 aliphatic carbocycles. The second-order valence-corrected chi connectivity index (χ2v) is 8.66. The highest BCUT2D eigenvalue weighted by Crippen LogP contribution is 2.32. The number of likely N-dealkylation sites (N-methyl/N-ethyl adjacent to an activating group) is 1.